The van der Waals surface area contributed by atoms with E-state index in [4.69, 9.17) is 0 Å². The van der Waals surface area contributed by atoms with E-state index < -0.39 is 26.5 Å². The first-order chi connectivity index (χ1) is 19.1. The van der Waals surface area contributed by atoms with E-state index in [1.54, 1.807) is 0 Å². The van der Waals surface area contributed by atoms with Gasteiger partial charge in [-0.15, -0.1) is 0 Å². The van der Waals surface area contributed by atoms with E-state index in [1.165, 1.54) is 6.92 Å². The fraction of sp³-hybridized carbons (Fsp3) is 0.194. The minimum atomic E-state index is -4.74. The second kappa shape index (κ2) is 10.8. The molecule has 9 heteroatoms. The Morgan fingerprint density at radius 1 is 0.975 bits per heavy atom. The third-order valence-electron chi connectivity index (χ3n) is 7.06. The third kappa shape index (κ3) is 5.21. The minimum absolute atomic E-state index is 0.0113. The Morgan fingerprint density at radius 2 is 1.60 bits per heavy atom. The predicted octanol–water partition coefficient (Wildman–Crippen LogP) is 6.89. The number of benzene rings is 3. The van der Waals surface area contributed by atoms with Crippen molar-refractivity contribution in [1.29, 1.82) is 0 Å². The smallest absolute Gasteiger partial charge is 0.372 e. The summed E-state index contributed by atoms with van der Waals surface area (Å²) in [6, 6.07) is 24.1. The Kier molecular flexibility index (Phi) is 7.42. The summed E-state index contributed by atoms with van der Waals surface area (Å²) < 4.78 is 67.8. The molecule has 0 fully saturated rings. The quantitative estimate of drug-likeness (QED) is 0.248. The van der Waals surface area contributed by atoms with Crippen molar-refractivity contribution in [2.24, 2.45) is 0 Å². The molecule has 0 atom stereocenters. The van der Waals surface area contributed by atoms with Crippen LogP contribution in [0.1, 0.15) is 40.7 Å². The fourth-order valence-electron chi connectivity index (χ4n) is 5.08. The highest BCUT2D eigenvalue weighted by Gasteiger charge is 2.35. The summed E-state index contributed by atoms with van der Waals surface area (Å²) in [7, 11) is -4.08. The lowest BCUT2D eigenvalue weighted by atomic mass is 9.79. The SMILES string of the molecule is CCS(=O)(=O)c1cc(C(F)(F)F)cnc1-c1c(C)ccc(N2C=CNC2)c1C(c1ccccc1)c1ccccc1. The van der Waals surface area contributed by atoms with Crippen LogP contribution in [0.3, 0.4) is 0 Å². The van der Waals surface area contributed by atoms with Gasteiger partial charge in [-0.1, -0.05) is 73.7 Å². The van der Waals surface area contributed by atoms with Gasteiger partial charge in [0.05, 0.1) is 28.6 Å². The molecule has 0 bridgehead atoms. The van der Waals surface area contributed by atoms with Crippen LogP contribution in [-0.4, -0.2) is 25.8 Å². The molecular weight excluding hydrogens is 535 g/mol. The van der Waals surface area contributed by atoms with Gasteiger partial charge in [0, 0.05) is 35.8 Å². The molecule has 5 nitrogen and oxygen atoms in total. The molecule has 0 spiro atoms. The highest BCUT2D eigenvalue weighted by molar-refractivity contribution is 7.91. The van der Waals surface area contributed by atoms with Crippen LogP contribution < -0.4 is 10.2 Å². The van der Waals surface area contributed by atoms with Crippen molar-refractivity contribution in [1.82, 2.24) is 10.3 Å². The normalized spacial score (nSPS) is 13.6. The van der Waals surface area contributed by atoms with E-state index >= 15 is 0 Å². The van der Waals surface area contributed by atoms with E-state index in [9.17, 15) is 21.6 Å². The van der Waals surface area contributed by atoms with E-state index in [0.717, 1.165) is 28.6 Å². The van der Waals surface area contributed by atoms with Crippen molar-refractivity contribution in [3.8, 4) is 11.3 Å². The number of alkyl halides is 3. The molecule has 0 radical (unpaired) electrons. The van der Waals surface area contributed by atoms with Gasteiger partial charge < -0.3 is 10.2 Å². The van der Waals surface area contributed by atoms with Crippen molar-refractivity contribution in [3.05, 3.63) is 125 Å². The highest BCUT2D eigenvalue weighted by Crippen LogP contribution is 2.46. The molecule has 1 N–H and O–H groups in total. The van der Waals surface area contributed by atoms with Gasteiger partial charge in [-0.2, -0.15) is 13.2 Å². The maximum absolute atomic E-state index is 13.7. The topological polar surface area (TPSA) is 62.3 Å². The number of anilines is 1. The lowest BCUT2D eigenvalue weighted by Crippen LogP contribution is -2.23. The van der Waals surface area contributed by atoms with Crippen LogP contribution in [0.4, 0.5) is 18.9 Å². The molecule has 1 aliphatic rings. The zero-order valence-electron chi connectivity index (χ0n) is 22.0. The Balaban J connectivity index is 1.92. The van der Waals surface area contributed by atoms with Crippen LogP contribution in [0.2, 0.25) is 0 Å². The molecule has 2 heterocycles. The van der Waals surface area contributed by atoms with Crippen molar-refractivity contribution in [2.75, 3.05) is 17.3 Å². The van der Waals surface area contributed by atoms with Crippen LogP contribution in [0.15, 0.2) is 102 Å². The number of pyridine rings is 1. The van der Waals surface area contributed by atoms with Gasteiger partial charge in [0.1, 0.15) is 0 Å². The van der Waals surface area contributed by atoms with Gasteiger partial charge >= 0.3 is 6.18 Å². The van der Waals surface area contributed by atoms with Crippen LogP contribution in [0.25, 0.3) is 11.3 Å². The Labute approximate surface area is 231 Å². The van der Waals surface area contributed by atoms with Gasteiger partial charge in [0.25, 0.3) is 0 Å². The third-order valence-corrected chi connectivity index (χ3v) is 8.80. The molecule has 4 aromatic rings. The highest BCUT2D eigenvalue weighted by atomic mass is 32.2. The molecule has 0 saturated carbocycles. The van der Waals surface area contributed by atoms with Gasteiger partial charge in [0.2, 0.25) is 0 Å². The molecule has 206 valence electrons. The maximum atomic E-state index is 13.7. The molecule has 3 aromatic carbocycles. The van der Waals surface area contributed by atoms with Crippen molar-refractivity contribution in [2.45, 2.75) is 30.8 Å². The number of halogens is 3. The molecule has 0 aliphatic carbocycles. The van der Waals surface area contributed by atoms with Gasteiger partial charge in [0.15, 0.2) is 9.84 Å². The Bertz CT molecular complexity index is 1620. The van der Waals surface area contributed by atoms with Crippen LogP contribution in [0.5, 0.6) is 0 Å². The summed E-state index contributed by atoms with van der Waals surface area (Å²) in [5.41, 5.74) is 3.55. The van der Waals surface area contributed by atoms with Gasteiger partial charge in [-0.25, -0.2) is 8.42 Å². The number of rotatable bonds is 7. The van der Waals surface area contributed by atoms with Crippen molar-refractivity contribution in [3.63, 3.8) is 0 Å². The van der Waals surface area contributed by atoms with Crippen LogP contribution >= 0.6 is 0 Å². The average molecular weight is 564 g/mol. The number of hydrogen-bond acceptors (Lipinski definition) is 5. The zero-order valence-corrected chi connectivity index (χ0v) is 22.8. The first-order valence-corrected chi connectivity index (χ1v) is 14.5. The molecule has 0 amide bonds. The summed E-state index contributed by atoms with van der Waals surface area (Å²) in [5, 5.41) is 3.17. The molecule has 0 saturated heterocycles. The van der Waals surface area contributed by atoms with Crippen LogP contribution in [0, 0.1) is 6.92 Å². The fourth-order valence-corrected chi connectivity index (χ4v) is 6.15. The van der Waals surface area contributed by atoms with Gasteiger partial charge in [-0.3, -0.25) is 4.98 Å². The Hall–Kier alpha value is -4.11. The molecule has 5 rings (SSSR count). The first kappa shape index (κ1) is 27.5. The molecule has 1 aromatic heterocycles. The number of aromatic nitrogens is 1. The number of nitrogens with zero attached hydrogens (tertiary/aromatic N) is 2. The van der Waals surface area contributed by atoms with Crippen molar-refractivity contribution >= 4 is 15.5 Å². The standard InChI is InChI=1S/C31H28F3N3O2S/c1-3-40(38,39)26-18-24(31(32,33)34)19-36-30(26)27-21(2)14-15-25(37-17-16-35-20-37)29(27)28(22-10-6-4-7-11-22)23-12-8-5-9-13-23/h4-19,28,35H,3,20H2,1-2H3. The molecule has 0 unspecified atom stereocenters. The number of hydrogen-bond donors (Lipinski definition) is 1. The number of nitrogens with one attached hydrogen (secondary N) is 1. The van der Waals surface area contributed by atoms with E-state index in [2.05, 4.69) is 10.3 Å². The summed E-state index contributed by atoms with van der Waals surface area (Å²) in [4.78, 5) is 5.80. The molecule has 40 heavy (non-hydrogen) atoms. The summed E-state index contributed by atoms with van der Waals surface area (Å²) >= 11 is 0. The van der Waals surface area contributed by atoms with E-state index in [-0.39, 0.29) is 17.4 Å². The zero-order chi connectivity index (χ0) is 28.5. The summed E-state index contributed by atoms with van der Waals surface area (Å²) in [6.07, 6.45) is -0.329. The lowest BCUT2D eigenvalue weighted by molar-refractivity contribution is -0.138. The largest absolute Gasteiger partial charge is 0.417 e. The second-order valence-electron chi connectivity index (χ2n) is 9.56. The summed E-state index contributed by atoms with van der Waals surface area (Å²) in [6.45, 7) is 3.72. The first-order valence-electron chi connectivity index (χ1n) is 12.8. The maximum Gasteiger partial charge on any atom is 0.417 e. The minimum Gasteiger partial charge on any atom is -0.372 e. The van der Waals surface area contributed by atoms with E-state index in [1.807, 2.05) is 97.0 Å². The van der Waals surface area contributed by atoms with E-state index in [0.29, 0.717) is 23.9 Å². The average Bonchev–Trinajstić information content (AvgIpc) is 3.49. The monoisotopic (exact) mass is 563 g/mol. The molecular formula is C31H28F3N3O2S. The Morgan fingerprint density at radius 3 is 2.12 bits per heavy atom. The second-order valence-corrected chi connectivity index (χ2v) is 11.8. The van der Waals surface area contributed by atoms with Gasteiger partial charge in [-0.05, 0) is 41.3 Å². The molecule has 1 aliphatic heterocycles. The van der Waals surface area contributed by atoms with Crippen molar-refractivity contribution < 1.29 is 21.6 Å². The summed E-state index contributed by atoms with van der Waals surface area (Å²) in [5.74, 6) is -0.737. The number of sulfone groups is 1. The van der Waals surface area contributed by atoms with Crippen LogP contribution in [-0.2, 0) is 16.0 Å². The number of aryl methyl sites for hydroxylation is 1. The predicted molar refractivity (Wildman–Crippen MR) is 151 cm³/mol. The lowest BCUT2D eigenvalue weighted by Gasteiger charge is -2.30.